The number of nitrogens with two attached hydrogens (primary N) is 1. The van der Waals surface area contributed by atoms with Gasteiger partial charge in [0, 0.05) is 41.0 Å². The van der Waals surface area contributed by atoms with Gasteiger partial charge in [-0.25, -0.2) is 28.5 Å². The van der Waals surface area contributed by atoms with Crippen LogP contribution in [0.4, 0.5) is 5.82 Å². The first kappa shape index (κ1) is 28.7. The number of morpholine rings is 1. The molecule has 0 radical (unpaired) electrons. The first-order chi connectivity index (χ1) is 19.7. The summed E-state index contributed by atoms with van der Waals surface area (Å²) in [6, 6.07) is 8.34. The van der Waals surface area contributed by atoms with Crippen LogP contribution in [0.25, 0.3) is 0 Å². The van der Waals surface area contributed by atoms with Crippen LogP contribution in [0, 0.1) is 6.92 Å². The van der Waals surface area contributed by atoms with Crippen molar-refractivity contribution in [2.75, 3.05) is 37.8 Å². The number of carbonyl (C=O) groups excluding carboxylic acids is 2. The maximum Gasteiger partial charge on any atom is 0.349 e. The van der Waals surface area contributed by atoms with Gasteiger partial charge in [-0.2, -0.15) is 0 Å². The number of amides is 2. The average molecular weight is 600 g/mol. The van der Waals surface area contributed by atoms with Crippen molar-refractivity contribution in [3.05, 3.63) is 85.8 Å². The van der Waals surface area contributed by atoms with Gasteiger partial charge in [0.1, 0.15) is 11.9 Å². The molecule has 14 heteroatoms. The summed E-state index contributed by atoms with van der Waals surface area (Å²) in [7, 11) is 0. The van der Waals surface area contributed by atoms with E-state index in [1.165, 1.54) is 16.4 Å². The second-order valence-corrected chi connectivity index (χ2v) is 11.2. The first-order valence-electron chi connectivity index (χ1n) is 13.1. The molecule has 2 aliphatic rings. The van der Waals surface area contributed by atoms with Gasteiger partial charge in [-0.05, 0) is 42.8 Å². The van der Waals surface area contributed by atoms with E-state index in [9.17, 15) is 19.2 Å². The van der Waals surface area contributed by atoms with Crippen LogP contribution in [0.5, 0.6) is 0 Å². The van der Waals surface area contributed by atoms with E-state index >= 15 is 0 Å². The van der Waals surface area contributed by atoms with Crippen molar-refractivity contribution < 1.29 is 14.3 Å². The smallest absolute Gasteiger partial charge is 0.349 e. The zero-order valence-electron chi connectivity index (χ0n) is 22.4. The molecule has 1 saturated heterocycles. The van der Waals surface area contributed by atoms with Crippen LogP contribution in [0.15, 0.2) is 63.0 Å². The minimum Gasteiger partial charge on any atom is -0.384 e. The maximum absolute atomic E-state index is 13.8. The van der Waals surface area contributed by atoms with E-state index < -0.39 is 29.4 Å². The fourth-order valence-electron chi connectivity index (χ4n) is 4.82. The topological polar surface area (TPSA) is 146 Å². The van der Waals surface area contributed by atoms with E-state index in [0.29, 0.717) is 42.8 Å². The van der Waals surface area contributed by atoms with Crippen molar-refractivity contribution in [1.82, 2.24) is 29.1 Å². The molecule has 2 aliphatic heterocycles. The Bertz CT molecular complexity index is 1590. The summed E-state index contributed by atoms with van der Waals surface area (Å²) in [6.07, 6.45) is 3.24. The molecule has 0 bridgehead atoms. The second-order valence-electron chi connectivity index (χ2n) is 9.65. The van der Waals surface area contributed by atoms with E-state index in [1.54, 1.807) is 48.2 Å². The van der Waals surface area contributed by atoms with Crippen LogP contribution in [0.1, 0.15) is 23.3 Å². The lowest BCUT2D eigenvalue weighted by atomic mass is 10.2. The molecule has 0 aliphatic carbocycles. The molecule has 41 heavy (non-hydrogen) atoms. The van der Waals surface area contributed by atoms with Crippen molar-refractivity contribution in [2.24, 2.45) is 0 Å². The number of nitrogens with zero attached hydrogens (tertiary/aromatic N) is 5. The van der Waals surface area contributed by atoms with E-state index in [2.05, 4.69) is 10.3 Å². The lowest BCUT2D eigenvalue weighted by Gasteiger charge is -2.30. The molecule has 4 heterocycles. The zero-order valence-corrected chi connectivity index (χ0v) is 23.9. The third kappa shape index (κ3) is 6.11. The Morgan fingerprint density at radius 1 is 1.15 bits per heavy atom. The van der Waals surface area contributed by atoms with Gasteiger partial charge in [0.05, 0.1) is 19.8 Å². The Kier molecular flexibility index (Phi) is 8.66. The number of thioether (sulfide) groups is 1. The molecule has 0 spiro atoms. The number of carbonyl (C=O) groups is 2. The van der Waals surface area contributed by atoms with E-state index in [1.807, 2.05) is 12.1 Å². The van der Waals surface area contributed by atoms with E-state index in [4.69, 9.17) is 22.1 Å². The number of allylic oxidation sites excluding steroid dienone is 1. The van der Waals surface area contributed by atoms with Crippen LogP contribution in [0.2, 0.25) is 5.02 Å². The number of halogens is 1. The number of ether oxygens (including phenoxy) is 1. The van der Waals surface area contributed by atoms with Gasteiger partial charge >= 0.3 is 11.4 Å². The highest BCUT2D eigenvalue weighted by Gasteiger charge is 2.35. The number of aromatic nitrogens is 4. The number of hydrogen-bond donors (Lipinski definition) is 2. The van der Waals surface area contributed by atoms with E-state index in [-0.39, 0.29) is 24.7 Å². The van der Waals surface area contributed by atoms with Gasteiger partial charge in [-0.15, -0.1) is 11.8 Å². The summed E-state index contributed by atoms with van der Waals surface area (Å²) in [5.41, 5.74) is 5.78. The van der Waals surface area contributed by atoms with Gasteiger partial charge in [-0.1, -0.05) is 29.8 Å². The highest BCUT2D eigenvalue weighted by Crippen LogP contribution is 2.25. The molecule has 5 rings (SSSR count). The normalized spacial score (nSPS) is 17.2. The molecule has 0 saturated carbocycles. The molecule has 1 fully saturated rings. The number of aryl methyl sites for hydroxylation is 1. The Morgan fingerprint density at radius 2 is 1.88 bits per heavy atom. The molecule has 1 aromatic carbocycles. The molecule has 2 unspecified atom stereocenters. The number of fused-ring (bicyclic) bond motifs is 1. The Morgan fingerprint density at radius 3 is 2.59 bits per heavy atom. The third-order valence-corrected chi connectivity index (χ3v) is 8.37. The molecule has 3 N–H and O–H groups in total. The molecular formula is C27H30ClN7O5S. The molecule has 2 amide bonds. The van der Waals surface area contributed by atoms with Crippen LogP contribution in [-0.4, -0.2) is 67.7 Å². The quantitative estimate of drug-likeness (QED) is 0.292. The number of anilines is 1. The monoisotopic (exact) mass is 599 g/mol. The standard InChI is InChI=1S/C27H30ClN7O5S/c1-17-18(4-9-23(29)31-17)15-30-24(36)21-3-2-10-33-26(38)34(27(39)35(21)33)22(25(37)32-11-13-40-14-12-32)16-41-20-7-5-19(28)6-8-20/h2-9,21-22H,10-16H2,1H3,(H2,29,31)(H,30,36). The number of nitrogens with one attached hydrogen (secondary N) is 1. The lowest BCUT2D eigenvalue weighted by Crippen LogP contribution is -2.48. The third-order valence-electron chi connectivity index (χ3n) is 7.03. The second kappa shape index (κ2) is 12.4. The molecule has 2 aromatic heterocycles. The summed E-state index contributed by atoms with van der Waals surface area (Å²) < 4.78 is 8.69. The zero-order chi connectivity index (χ0) is 29.1. The van der Waals surface area contributed by atoms with Crippen LogP contribution >= 0.6 is 23.4 Å². The molecule has 216 valence electrons. The molecule has 3 aromatic rings. The SMILES string of the molecule is Cc1nc(N)ccc1CNC(=O)C1C=CCn2c(=O)n(C(CSc3ccc(Cl)cc3)C(=O)N3CCOCC3)c(=O)n21. The van der Waals surface area contributed by atoms with Gasteiger partial charge in [0.2, 0.25) is 11.8 Å². The summed E-state index contributed by atoms with van der Waals surface area (Å²) in [5, 5.41) is 3.39. The maximum atomic E-state index is 13.8. The lowest BCUT2D eigenvalue weighted by molar-refractivity contribution is -0.138. The number of hydrogen-bond acceptors (Lipinski definition) is 8. The fraction of sp³-hybridized carbons (Fsp3) is 0.370. The van der Waals surface area contributed by atoms with Crippen molar-refractivity contribution in [2.45, 2.75) is 37.0 Å². The van der Waals surface area contributed by atoms with Crippen molar-refractivity contribution in [3.63, 3.8) is 0 Å². The van der Waals surface area contributed by atoms with Gasteiger partial charge in [-0.3, -0.25) is 9.59 Å². The Balaban J connectivity index is 1.45. The van der Waals surface area contributed by atoms with Crippen LogP contribution < -0.4 is 22.4 Å². The van der Waals surface area contributed by atoms with Crippen molar-refractivity contribution in [1.29, 1.82) is 0 Å². The molecule has 2 atom stereocenters. The van der Waals surface area contributed by atoms with Gasteiger partial charge in [0.15, 0.2) is 6.04 Å². The van der Waals surface area contributed by atoms with Crippen LogP contribution in [0.3, 0.4) is 0 Å². The largest absolute Gasteiger partial charge is 0.384 e. The van der Waals surface area contributed by atoms with Crippen molar-refractivity contribution in [3.8, 4) is 0 Å². The number of pyridine rings is 1. The average Bonchev–Trinajstić information content (AvgIpc) is 3.23. The highest BCUT2D eigenvalue weighted by atomic mass is 35.5. The minimum atomic E-state index is -1.09. The minimum absolute atomic E-state index is 0.0919. The Labute approximate surface area is 244 Å². The highest BCUT2D eigenvalue weighted by molar-refractivity contribution is 7.99. The molecular weight excluding hydrogens is 570 g/mol. The number of rotatable bonds is 8. The summed E-state index contributed by atoms with van der Waals surface area (Å²) >= 11 is 7.35. The van der Waals surface area contributed by atoms with Crippen LogP contribution in [-0.2, 0) is 27.4 Å². The first-order valence-corrected chi connectivity index (χ1v) is 14.5. The number of nitrogen functional groups attached to an aromatic ring is 1. The summed E-state index contributed by atoms with van der Waals surface area (Å²) in [6.45, 7) is 3.50. The van der Waals surface area contributed by atoms with E-state index in [0.717, 1.165) is 19.7 Å². The summed E-state index contributed by atoms with van der Waals surface area (Å²) in [5.74, 6) is -0.320. The van der Waals surface area contributed by atoms with Gasteiger partial charge in [0.25, 0.3) is 0 Å². The predicted molar refractivity (Wildman–Crippen MR) is 155 cm³/mol. The molecule has 12 nitrogen and oxygen atoms in total. The van der Waals surface area contributed by atoms with Crippen molar-refractivity contribution >= 4 is 41.0 Å². The predicted octanol–water partition coefficient (Wildman–Crippen LogP) is 1.37. The summed E-state index contributed by atoms with van der Waals surface area (Å²) in [4.78, 5) is 61.1. The number of benzene rings is 1. The fourth-order valence-corrected chi connectivity index (χ4v) is 5.92. The van der Waals surface area contributed by atoms with Gasteiger partial charge < -0.3 is 20.7 Å². The Hall–Kier alpha value is -3.81.